The molecule has 1 aliphatic rings. The zero-order valence-corrected chi connectivity index (χ0v) is 16.3. The van der Waals surface area contributed by atoms with Gasteiger partial charge in [0, 0.05) is 49.5 Å². The summed E-state index contributed by atoms with van der Waals surface area (Å²) in [4.78, 5) is 17.3. The molecule has 2 N–H and O–H groups in total. The van der Waals surface area contributed by atoms with Crippen molar-refractivity contribution in [2.45, 2.75) is 38.3 Å². The molecule has 148 valence electrons. The van der Waals surface area contributed by atoms with E-state index in [-0.39, 0.29) is 11.6 Å². The molecule has 2 aromatic heterocycles. The number of aromatic amines is 1. The van der Waals surface area contributed by atoms with Gasteiger partial charge < -0.3 is 14.8 Å². The van der Waals surface area contributed by atoms with E-state index in [9.17, 15) is 4.79 Å². The normalized spacial score (nSPS) is 16.4. The summed E-state index contributed by atoms with van der Waals surface area (Å²) in [5.74, 6) is 1.22. The second kappa shape index (κ2) is 8.16. The first-order valence-corrected chi connectivity index (χ1v) is 9.70. The third-order valence-electron chi connectivity index (χ3n) is 5.34. The Balaban J connectivity index is 1.51. The van der Waals surface area contributed by atoms with Crippen molar-refractivity contribution in [2.75, 3.05) is 20.3 Å². The smallest absolute Gasteiger partial charge is 0.272 e. The summed E-state index contributed by atoms with van der Waals surface area (Å²) >= 11 is 0. The Morgan fingerprint density at radius 2 is 2.14 bits per heavy atom. The highest BCUT2D eigenvalue weighted by molar-refractivity contribution is 5.41. The summed E-state index contributed by atoms with van der Waals surface area (Å²) in [5.41, 5.74) is 3.49. The van der Waals surface area contributed by atoms with Gasteiger partial charge in [-0.05, 0) is 37.5 Å². The highest BCUT2D eigenvalue weighted by atomic mass is 16.5. The average molecular weight is 382 g/mol. The lowest BCUT2D eigenvalue weighted by atomic mass is 9.97. The van der Waals surface area contributed by atoms with Crippen LogP contribution in [0.4, 0.5) is 0 Å². The van der Waals surface area contributed by atoms with E-state index in [0.29, 0.717) is 18.1 Å². The first kappa shape index (κ1) is 18.7. The lowest BCUT2D eigenvalue weighted by molar-refractivity contribution is 0.0844. The predicted molar refractivity (Wildman–Crippen MR) is 107 cm³/mol. The van der Waals surface area contributed by atoms with Crippen LogP contribution in [0.1, 0.15) is 48.7 Å². The number of H-pyrrole nitrogens is 1. The van der Waals surface area contributed by atoms with Crippen LogP contribution in [-0.2, 0) is 11.3 Å². The van der Waals surface area contributed by atoms with E-state index in [1.807, 2.05) is 37.3 Å². The minimum absolute atomic E-state index is 0.0506. The highest BCUT2D eigenvalue weighted by Crippen LogP contribution is 2.26. The molecule has 3 aromatic rings. The van der Waals surface area contributed by atoms with Crippen molar-refractivity contribution in [3.8, 4) is 5.75 Å². The molecule has 7 heteroatoms. The lowest BCUT2D eigenvalue weighted by Crippen LogP contribution is -2.23. The summed E-state index contributed by atoms with van der Waals surface area (Å²) in [6, 6.07) is 11.5. The third-order valence-corrected chi connectivity index (χ3v) is 5.34. The molecular formula is C21H26N4O3. The van der Waals surface area contributed by atoms with E-state index in [0.717, 1.165) is 48.8 Å². The molecule has 1 saturated heterocycles. The molecule has 0 saturated carbocycles. The maximum Gasteiger partial charge on any atom is 0.272 e. The molecule has 1 unspecified atom stereocenters. The molecular weight excluding hydrogens is 356 g/mol. The van der Waals surface area contributed by atoms with Gasteiger partial charge in [0.05, 0.1) is 12.8 Å². The van der Waals surface area contributed by atoms with Crippen molar-refractivity contribution in [2.24, 2.45) is 0 Å². The Bertz CT molecular complexity index is 1000. The summed E-state index contributed by atoms with van der Waals surface area (Å²) in [6.45, 7) is 4.21. The van der Waals surface area contributed by atoms with E-state index >= 15 is 0 Å². The van der Waals surface area contributed by atoms with Crippen molar-refractivity contribution in [1.29, 1.82) is 0 Å². The zero-order chi connectivity index (χ0) is 19.5. The monoisotopic (exact) mass is 382 g/mol. The van der Waals surface area contributed by atoms with Crippen LogP contribution in [0.3, 0.4) is 0 Å². The molecule has 0 amide bonds. The number of nitrogens with one attached hydrogen (secondary N) is 2. The Kier molecular flexibility index (Phi) is 5.45. The number of benzene rings is 1. The Morgan fingerprint density at radius 3 is 2.93 bits per heavy atom. The van der Waals surface area contributed by atoms with Crippen LogP contribution < -0.4 is 15.6 Å². The average Bonchev–Trinajstić information content (AvgIpc) is 3.18. The van der Waals surface area contributed by atoms with E-state index in [1.54, 1.807) is 13.2 Å². The van der Waals surface area contributed by atoms with Gasteiger partial charge in [-0.1, -0.05) is 12.1 Å². The van der Waals surface area contributed by atoms with Crippen LogP contribution in [0.2, 0.25) is 0 Å². The second-order valence-electron chi connectivity index (χ2n) is 7.27. The molecule has 4 rings (SSSR count). The fourth-order valence-corrected chi connectivity index (χ4v) is 3.63. The van der Waals surface area contributed by atoms with Gasteiger partial charge in [0.1, 0.15) is 5.75 Å². The van der Waals surface area contributed by atoms with Gasteiger partial charge in [0.25, 0.3) is 5.56 Å². The van der Waals surface area contributed by atoms with Gasteiger partial charge in [-0.15, -0.1) is 0 Å². The standard InChI is InChI=1S/C21H26N4O3/c1-14(22-13-15-4-3-5-17(10-15)27-2)18-12-21(26)25-20(23-18)11-19(24-25)16-6-8-28-9-7-16/h3-5,10-12,14,16,22,24H,6-9,13H2,1-2H3. The molecule has 1 aromatic carbocycles. The predicted octanol–water partition coefficient (Wildman–Crippen LogP) is 2.78. The molecule has 1 aliphatic heterocycles. The number of ether oxygens (including phenoxy) is 2. The van der Waals surface area contributed by atoms with Crippen LogP contribution in [-0.4, -0.2) is 34.9 Å². The largest absolute Gasteiger partial charge is 0.497 e. The van der Waals surface area contributed by atoms with E-state index in [2.05, 4.69) is 10.4 Å². The van der Waals surface area contributed by atoms with Crippen molar-refractivity contribution in [3.63, 3.8) is 0 Å². The molecule has 0 spiro atoms. The molecule has 0 radical (unpaired) electrons. The quantitative estimate of drug-likeness (QED) is 0.685. The maximum absolute atomic E-state index is 12.6. The van der Waals surface area contributed by atoms with Gasteiger partial charge in [0.15, 0.2) is 5.65 Å². The first-order chi connectivity index (χ1) is 13.6. The van der Waals surface area contributed by atoms with Crippen LogP contribution in [0, 0.1) is 0 Å². The van der Waals surface area contributed by atoms with Gasteiger partial charge >= 0.3 is 0 Å². The molecule has 3 heterocycles. The van der Waals surface area contributed by atoms with Gasteiger partial charge in [-0.3, -0.25) is 9.89 Å². The van der Waals surface area contributed by atoms with Crippen LogP contribution in [0.15, 0.2) is 41.2 Å². The number of hydrogen-bond donors (Lipinski definition) is 2. The van der Waals surface area contributed by atoms with Crippen molar-refractivity contribution >= 4 is 5.65 Å². The Hall–Kier alpha value is -2.64. The minimum atomic E-state index is -0.0895. The van der Waals surface area contributed by atoms with Crippen LogP contribution in [0.5, 0.6) is 5.75 Å². The Labute approximate surface area is 163 Å². The number of hydrogen-bond acceptors (Lipinski definition) is 5. The topological polar surface area (TPSA) is 80.6 Å². The van der Waals surface area contributed by atoms with E-state index in [1.165, 1.54) is 4.52 Å². The summed E-state index contributed by atoms with van der Waals surface area (Å²) in [5, 5.41) is 6.66. The number of rotatable bonds is 6. The van der Waals surface area contributed by atoms with Gasteiger partial charge in [-0.25, -0.2) is 9.50 Å². The molecule has 0 bridgehead atoms. The fourth-order valence-electron chi connectivity index (χ4n) is 3.63. The molecule has 1 atom stereocenters. The number of nitrogens with zero attached hydrogens (tertiary/aromatic N) is 2. The molecule has 0 aliphatic carbocycles. The Morgan fingerprint density at radius 1 is 1.32 bits per heavy atom. The SMILES string of the molecule is COc1cccc(CNC(C)c2cc(=O)n3[nH]c(C4CCOCC4)cc3n2)c1. The number of aromatic nitrogens is 3. The van der Waals surface area contributed by atoms with Crippen LogP contribution >= 0.6 is 0 Å². The fraction of sp³-hybridized carbons (Fsp3) is 0.429. The third kappa shape index (κ3) is 3.95. The van der Waals surface area contributed by atoms with Gasteiger partial charge in [0.2, 0.25) is 0 Å². The first-order valence-electron chi connectivity index (χ1n) is 9.70. The molecule has 7 nitrogen and oxygen atoms in total. The maximum atomic E-state index is 12.6. The number of methoxy groups -OCH3 is 1. The van der Waals surface area contributed by atoms with Crippen LogP contribution in [0.25, 0.3) is 5.65 Å². The molecule has 1 fully saturated rings. The lowest BCUT2D eigenvalue weighted by Gasteiger charge is -2.20. The highest BCUT2D eigenvalue weighted by Gasteiger charge is 2.19. The van der Waals surface area contributed by atoms with E-state index < -0.39 is 0 Å². The van der Waals surface area contributed by atoms with Crippen molar-refractivity contribution in [3.05, 3.63) is 63.7 Å². The summed E-state index contributed by atoms with van der Waals surface area (Å²) in [6.07, 6.45) is 1.93. The minimum Gasteiger partial charge on any atom is -0.497 e. The number of fused-ring (bicyclic) bond motifs is 1. The summed E-state index contributed by atoms with van der Waals surface area (Å²) < 4.78 is 12.2. The van der Waals surface area contributed by atoms with Gasteiger partial charge in [-0.2, -0.15) is 0 Å². The van der Waals surface area contributed by atoms with Crippen molar-refractivity contribution in [1.82, 2.24) is 19.9 Å². The molecule has 28 heavy (non-hydrogen) atoms. The van der Waals surface area contributed by atoms with E-state index in [4.69, 9.17) is 14.5 Å². The van der Waals surface area contributed by atoms with Crippen molar-refractivity contribution < 1.29 is 9.47 Å². The second-order valence-corrected chi connectivity index (χ2v) is 7.27. The summed E-state index contributed by atoms with van der Waals surface area (Å²) in [7, 11) is 1.66. The zero-order valence-electron chi connectivity index (χ0n) is 16.3.